The number of nitrogens with one attached hydrogen (secondary N) is 2. The lowest BCUT2D eigenvalue weighted by Crippen LogP contribution is -2.16. The molecule has 0 saturated heterocycles. The highest BCUT2D eigenvalue weighted by Crippen LogP contribution is 2.27. The van der Waals surface area contributed by atoms with Gasteiger partial charge in [-0.05, 0) is 30.3 Å². The number of hydrogen-bond donors (Lipinski definition) is 3. The van der Waals surface area contributed by atoms with Gasteiger partial charge in [-0.2, -0.15) is 0 Å². The van der Waals surface area contributed by atoms with Gasteiger partial charge in [-0.3, -0.25) is 4.79 Å². The van der Waals surface area contributed by atoms with Crippen LogP contribution in [0, 0.1) is 0 Å². The van der Waals surface area contributed by atoms with Gasteiger partial charge in [-0.1, -0.05) is 11.6 Å². The summed E-state index contributed by atoms with van der Waals surface area (Å²) in [7, 11) is 1.50. The minimum Gasteiger partial charge on any atom is -0.495 e. The van der Waals surface area contributed by atoms with Gasteiger partial charge in [0.25, 0.3) is 5.91 Å². The van der Waals surface area contributed by atoms with E-state index < -0.39 is 5.91 Å². The molecule has 8 heteroatoms. The van der Waals surface area contributed by atoms with E-state index in [0.717, 1.165) is 0 Å². The minimum atomic E-state index is -0.429. The first-order chi connectivity index (χ1) is 9.63. The van der Waals surface area contributed by atoms with E-state index in [1.54, 1.807) is 18.2 Å². The molecule has 0 saturated carbocycles. The van der Waals surface area contributed by atoms with Gasteiger partial charge in [0.1, 0.15) is 5.75 Å². The van der Waals surface area contributed by atoms with E-state index in [1.165, 1.54) is 19.2 Å². The van der Waals surface area contributed by atoms with Crippen molar-refractivity contribution in [3.8, 4) is 5.75 Å². The van der Waals surface area contributed by atoms with Crippen molar-refractivity contribution in [2.75, 3.05) is 17.9 Å². The number of carbonyl (C=O) groups is 1. The van der Waals surface area contributed by atoms with Gasteiger partial charge in [0.2, 0.25) is 0 Å². The number of aromatic nitrogens is 2. The monoisotopic (exact) mass is 293 g/mol. The number of hydrogen-bond acceptors (Lipinski definition) is 6. The van der Waals surface area contributed by atoms with Gasteiger partial charge in [0, 0.05) is 5.02 Å². The highest BCUT2D eigenvalue weighted by molar-refractivity contribution is 6.31. The lowest BCUT2D eigenvalue weighted by Gasteiger charge is -2.10. The van der Waals surface area contributed by atoms with E-state index in [4.69, 9.17) is 22.2 Å². The average molecular weight is 294 g/mol. The minimum absolute atomic E-state index is 0.144. The Morgan fingerprint density at radius 3 is 2.70 bits per heavy atom. The van der Waals surface area contributed by atoms with Crippen LogP contribution in [-0.4, -0.2) is 23.2 Å². The van der Waals surface area contributed by atoms with Crippen molar-refractivity contribution < 1.29 is 9.53 Å². The average Bonchev–Trinajstić information content (AvgIpc) is 2.47. The number of nitrogens with zero attached hydrogens (tertiary/aromatic N) is 2. The highest BCUT2D eigenvalue weighted by atomic mass is 35.5. The molecule has 0 spiro atoms. The van der Waals surface area contributed by atoms with Gasteiger partial charge in [-0.15, -0.1) is 10.2 Å². The highest BCUT2D eigenvalue weighted by Gasteiger charge is 2.12. The third kappa shape index (κ3) is 3.14. The lowest BCUT2D eigenvalue weighted by atomic mass is 10.2. The number of carbonyl (C=O) groups excluding carboxylic acids is 1. The third-order valence-electron chi connectivity index (χ3n) is 2.45. The number of nitrogen functional groups attached to an aromatic ring is 1. The van der Waals surface area contributed by atoms with Crippen molar-refractivity contribution in [2.45, 2.75) is 0 Å². The molecule has 7 nitrogen and oxygen atoms in total. The quantitative estimate of drug-likeness (QED) is 0.585. The molecule has 1 aromatic carbocycles. The number of halogens is 1. The molecule has 1 heterocycles. The summed E-state index contributed by atoms with van der Waals surface area (Å²) in [4.78, 5) is 12.0. The normalized spacial score (nSPS) is 9.95. The van der Waals surface area contributed by atoms with Gasteiger partial charge in [0.15, 0.2) is 11.5 Å². The molecule has 0 aliphatic carbocycles. The fourth-order valence-electron chi connectivity index (χ4n) is 1.49. The van der Waals surface area contributed by atoms with E-state index in [0.29, 0.717) is 22.3 Å². The maximum atomic E-state index is 12.0. The smallest absolute Gasteiger partial charge is 0.276 e. The maximum absolute atomic E-state index is 12.0. The van der Waals surface area contributed by atoms with Crippen molar-refractivity contribution in [3.63, 3.8) is 0 Å². The molecule has 4 N–H and O–H groups in total. The molecule has 1 aromatic heterocycles. The van der Waals surface area contributed by atoms with Crippen LogP contribution in [0.15, 0.2) is 30.3 Å². The van der Waals surface area contributed by atoms with Crippen molar-refractivity contribution >= 4 is 29.0 Å². The van der Waals surface area contributed by atoms with Crippen LogP contribution in [0.25, 0.3) is 0 Å². The van der Waals surface area contributed by atoms with E-state index in [1.807, 2.05) is 0 Å². The Bertz CT molecular complexity index is 618. The number of rotatable bonds is 4. The van der Waals surface area contributed by atoms with Crippen molar-refractivity contribution in [1.82, 2.24) is 10.2 Å². The number of benzene rings is 1. The first kappa shape index (κ1) is 14.0. The predicted molar refractivity (Wildman–Crippen MR) is 75.8 cm³/mol. The van der Waals surface area contributed by atoms with Crippen LogP contribution in [-0.2, 0) is 0 Å². The first-order valence-corrected chi connectivity index (χ1v) is 5.97. The Morgan fingerprint density at radius 2 is 2.10 bits per heavy atom. The summed E-state index contributed by atoms with van der Waals surface area (Å²) in [5.41, 5.74) is 2.92. The molecule has 0 fully saturated rings. The summed E-state index contributed by atoms with van der Waals surface area (Å²) >= 11 is 5.89. The zero-order valence-electron chi connectivity index (χ0n) is 10.6. The Labute approximate surface area is 120 Å². The largest absolute Gasteiger partial charge is 0.495 e. The van der Waals surface area contributed by atoms with Crippen LogP contribution in [0.5, 0.6) is 5.75 Å². The van der Waals surface area contributed by atoms with E-state index in [-0.39, 0.29) is 5.69 Å². The summed E-state index contributed by atoms with van der Waals surface area (Å²) in [5, 5.41) is 10.6. The van der Waals surface area contributed by atoms with Gasteiger partial charge >= 0.3 is 0 Å². The molecule has 0 aliphatic rings. The fourth-order valence-corrected chi connectivity index (χ4v) is 1.67. The number of nitrogens with two attached hydrogens (primary N) is 1. The lowest BCUT2D eigenvalue weighted by molar-refractivity contribution is 0.102. The number of anilines is 2. The second kappa shape index (κ2) is 6.18. The van der Waals surface area contributed by atoms with Crippen molar-refractivity contribution in [2.24, 2.45) is 5.84 Å². The topological polar surface area (TPSA) is 102 Å². The third-order valence-corrected chi connectivity index (χ3v) is 2.69. The molecule has 0 radical (unpaired) electrons. The van der Waals surface area contributed by atoms with Gasteiger partial charge in [-0.25, -0.2) is 5.84 Å². The standard InChI is InChI=1S/C12H12ClN5O2/c1-20-10-4-2-7(13)6-9(10)15-12(19)8-3-5-11(16-14)18-17-8/h2-6H,14H2,1H3,(H,15,19)(H,16,18). The van der Waals surface area contributed by atoms with E-state index >= 15 is 0 Å². The Hall–Kier alpha value is -2.38. The molecule has 0 bridgehead atoms. The maximum Gasteiger partial charge on any atom is 0.276 e. The van der Waals surface area contributed by atoms with E-state index in [2.05, 4.69) is 20.9 Å². The molecule has 104 valence electrons. The Morgan fingerprint density at radius 1 is 1.30 bits per heavy atom. The molecular formula is C12H12ClN5O2. The molecule has 0 unspecified atom stereocenters. The van der Waals surface area contributed by atoms with Gasteiger partial charge < -0.3 is 15.5 Å². The molecule has 2 rings (SSSR count). The number of hydrazine groups is 1. The molecule has 0 atom stereocenters. The number of amides is 1. The number of methoxy groups -OCH3 is 1. The van der Waals surface area contributed by atoms with Crippen molar-refractivity contribution in [1.29, 1.82) is 0 Å². The molecule has 20 heavy (non-hydrogen) atoms. The van der Waals surface area contributed by atoms with Gasteiger partial charge in [0.05, 0.1) is 12.8 Å². The van der Waals surface area contributed by atoms with Crippen molar-refractivity contribution in [3.05, 3.63) is 41.0 Å². The Kier molecular flexibility index (Phi) is 4.34. The SMILES string of the molecule is COc1ccc(Cl)cc1NC(=O)c1ccc(NN)nn1. The molecule has 1 amide bonds. The summed E-state index contributed by atoms with van der Waals surface area (Å²) in [6.07, 6.45) is 0. The van der Waals surface area contributed by atoms with Crippen LogP contribution in [0.1, 0.15) is 10.5 Å². The fraction of sp³-hybridized carbons (Fsp3) is 0.0833. The first-order valence-electron chi connectivity index (χ1n) is 5.59. The van der Waals surface area contributed by atoms with Crippen LogP contribution in [0.4, 0.5) is 11.5 Å². The molecule has 0 aliphatic heterocycles. The number of ether oxygens (including phenoxy) is 1. The summed E-state index contributed by atoms with van der Waals surface area (Å²) in [6.45, 7) is 0. The second-order valence-electron chi connectivity index (χ2n) is 3.75. The summed E-state index contributed by atoms with van der Waals surface area (Å²) in [5.74, 6) is 5.60. The molecular weight excluding hydrogens is 282 g/mol. The Balaban J connectivity index is 2.20. The van der Waals surface area contributed by atoms with E-state index in [9.17, 15) is 4.79 Å². The zero-order valence-corrected chi connectivity index (χ0v) is 11.3. The van der Waals surface area contributed by atoms with Crippen LogP contribution in [0.3, 0.4) is 0 Å². The van der Waals surface area contributed by atoms with Crippen LogP contribution >= 0.6 is 11.6 Å². The van der Waals surface area contributed by atoms with Crippen LogP contribution in [0.2, 0.25) is 5.02 Å². The second-order valence-corrected chi connectivity index (χ2v) is 4.18. The summed E-state index contributed by atoms with van der Waals surface area (Å²) in [6, 6.07) is 7.94. The zero-order chi connectivity index (χ0) is 14.5. The molecule has 2 aromatic rings. The predicted octanol–water partition coefficient (Wildman–Crippen LogP) is 1.68. The van der Waals surface area contributed by atoms with Crippen LogP contribution < -0.4 is 21.3 Å². The summed E-state index contributed by atoms with van der Waals surface area (Å²) < 4.78 is 5.14.